The lowest BCUT2D eigenvalue weighted by molar-refractivity contribution is 0.320. The summed E-state index contributed by atoms with van der Waals surface area (Å²) in [5.74, 6) is 0.0826. The van der Waals surface area contributed by atoms with E-state index in [1.54, 1.807) is 6.07 Å². The number of aryl methyl sites for hydroxylation is 1. The Morgan fingerprint density at radius 2 is 2.13 bits per heavy atom. The van der Waals surface area contributed by atoms with Crippen molar-refractivity contribution in [1.82, 2.24) is 0 Å². The molecule has 0 fully saturated rings. The summed E-state index contributed by atoms with van der Waals surface area (Å²) in [6.45, 7) is 5.97. The number of aliphatic hydroxyl groups excluding tert-OH is 1. The van der Waals surface area contributed by atoms with E-state index >= 15 is 0 Å². The maximum absolute atomic E-state index is 12.9. The summed E-state index contributed by atoms with van der Waals surface area (Å²) in [4.78, 5) is 0. The van der Waals surface area contributed by atoms with E-state index in [1.165, 1.54) is 12.1 Å². The fourth-order valence-electron chi connectivity index (χ4n) is 1.40. The maximum Gasteiger partial charge on any atom is 0.123 e. The molecule has 0 aliphatic carbocycles. The Bertz CT molecular complexity index is 367. The van der Waals surface area contributed by atoms with Crippen molar-refractivity contribution < 1.29 is 9.50 Å². The summed E-state index contributed by atoms with van der Waals surface area (Å²) in [5, 5.41) is 9.16. The highest BCUT2D eigenvalue weighted by Gasteiger charge is 2.03. The van der Waals surface area contributed by atoms with Gasteiger partial charge in [0.05, 0.1) is 6.61 Å². The zero-order chi connectivity index (χ0) is 11.4. The van der Waals surface area contributed by atoms with Gasteiger partial charge in [-0.3, -0.25) is 0 Å². The van der Waals surface area contributed by atoms with Crippen molar-refractivity contribution in [2.75, 3.05) is 6.61 Å². The Morgan fingerprint density at radius 3 is 2.60 bits per heavy atom. The monoisotopic (exact) mass is 208 g/mol. The molecular formula is C13H17FO. The summed E-state index contributed by atoms with van der Waals surface area (Å²) in [5.41, 5.74) is 2.82. The predicted octanol–water partition coefficient (Wildman–Crippen LogP) is 3.17. The molecule has 0 aromatic heterocycles. The van der Waals surface area contributed by atoms with Crippen LogP contribution < -0.4 is 0 Å². The first-order chi connectivity index (χ1) is 7.04. The molecular weight excluding hydrogens is 191 g/mol. The van der Waals surface area contributed by atoms with E-state index in [1.807, 2.05) is 26.8 Å². The molecule has 1 rings (SSSR count). The average Bonchev–Trinajstić information content (AvgIpc) is 2.16. The third-order valence-corrected chi connectivity index (χ3v) is 2.50. The van der Waals surface area contributed by atoms with Crippen LogP contribution in [0.4, 0.5) is 4.39 Å². The Morgan fingerprint density at radius 1 is 1.47 bits per heavy atom. The highest BCUT2D eigenvalue weighted by molar-refractivity contribution is 5.57. The smallest absolute Gasteiger partial charge is 0.123 e. The van der Waals surface area contributed by atoms with Gasteiger partial charge in [0.1, 0.15) is 5.82 Å². The molecule has 2 heteroatoms. The fraction of sp³-hybridized carbons (Fsp3) is 0.385. The minimum absolute atomic E-state index is 0.0501. The van der Waals surface area contributed by atoms with Crippen LogP contribution in [-0.4, -0.2) is 11.7 Å². The standard InChI is InChI=1S/C13H17FO/c1-9(2)12(8-15)7-11-4-5-13(14)6-10(11)3/h4-7,9,15H,8H2,1-3H3. The third kappa shape index (κ3) is 3.17. The van der Waals surface area contributed by atoms with E-state index in [0.29, 0.717) is 5.92 Å². The third-order valence-electron chi connectivity index (χ3n) is 2.50. The summed E-state index contributed by atoms with van der Waals surface area (Å²) in [6, 6.07) is 4.68. The van der Waals surface area contributed by atoms with Gasteiger partial charge in [0.15, 0.2) is 0 Å². The molecule has 0 aliphatic heterocycles. The van der Waals surface area contributed by atoms with Crippen molar-refractivity contribution in [3.63, 3.8) is 0 Å². The van der Waals surface area contributed by atoms with Crippen LogP contribution in [0, 0.1) is 18.7 Å². The highest BCUT2D eigenvalue weighted by Crippen LogP contribution is 2.17. The van der Waals surface area contributed by atoms with E-state index in [-0.39, 0.29) is 12.4 Å². The maximum atomic E-state index is 12.9. The Balaban J connectivity index is 3.06. The number of rotatable bonds is 3. The van der Waals surface area contributed by atoms with E-state index in [4.69, 9.17) is 5.11 Å². The number of benzene rings is 1. The van der Waals surface area contributed by atoms with Gasteiger partial charge in [-0.05, 0) is 41.7 Å². The first kappa shape index (κ1) is 11.9. The van der Waals surface area contributed by atoms with Crippen LogP contribution in [0.3, 0.4) is 0 Å². The second-order valence-electron chi connectivity index (χ2n) is 4.03. The van der Waals surface area contributed by atoms with Crippen molar-refractivity contribution in [3.05, 3.63) is 40.7 Å². The summed E-state index contributed by atoms with van der Waals surface area (Å²) in [7, 11) is 0. The van der Waals surface area contributed by atoms with E-state index in [9.17, 15) is 4.39 Å². The van der Waals surface area contributed by atoms with Crippen LogP contribution in [0.2, 0.25) is 0 Å². The lowest BCUT2D eigenvalue weighted by atomic mass is 9.99. The van der Waals surface area contributed by atoms with Gasteiger partial charge in [0.2, 0.25) is 0 Å². The lowest BCUT2D eigenvalue weighted by Crippen LogP contribution is -1.99. The molecule has 82 valence electrons. The SMILES string of the molecule is Cc1cc(F)ccc1C=C(CO)C(C)C. The molecule has 0 bridgehead atoms. The zero-order valence-electron chi connectivity index (χ0n) is 9.42. The molecule has 1 N–H and O–H groups in total. The molecule has 0 saturated carbocycles. The van der Waals surface area contributed by atoms with Gasteiger partial charge in [-0.15, -0.1) is 0 Å². The molecule has 0 atom stereocenters. The second kappa shape index (κ2) is 5.08. The highest BCUT2D eigenvalue weighted by atomic mass is 19.1. The Labute approximate surface area is 90.3 Å². The van der Waals surface area contributed by atoms with Crippen LogP contribution in [0.1, 0.15) is 25.0 Å². The predicted molar refractivity (Wildman–Crippen MR) is 61.0 cm³/mol. The molecule has 15 heavy (non-hydrogen) atoms. The Kier molecular flexibility index (Phi) is 4.04. The molecule has 0 amide bonds. The van der Waals surface area contributed by atoms with E-state index in [2.05, 4.69) is 0 Å². The summed E-state index contributed by atoms with van der Waals surface area (Å²) in [6.07, 6.45) is 1.93. The van der Waals surface area contributed by atoms with Crippen LogP contribution >= 0.6 is 0 Å². The van der Waals surface area contributed by atoms with Gasteiger partial charge in [-0.1, -0.05) is 26.0 Å². The van der Waals surface area contributed by atoms with Crippen LogP contribution in [-0.2, 0) is 0 Å². The molecule has 0 radical (unpaired) electrons. The average molecular weight is 208 g/mol. The van der Waals surface area contributed by atoms with Gasteiger partial charge >= 0.3 is 0 Å². The van der Waals surface area contributed by atoms with Gasteiger partial charge in [0, 0.05) is 0 Å². The minimum atomic E-state index is -0.222. The molecule has 0 saturated heterocycles. The number of hydrogen-bond acceptors (Lipinski definition) is 1. The normalized spacial score (nSPS) is 12.3. The van der Waals surface area contributed by atoms with Gasteiger partial charge < -0.3 is 5.11 Å². The molecule has 0 aliphatic rings. The van der Waals surface area contributed by atoms with Crippen molar-refractivity contribution in [2.45, 2.75) is 20.8 Å². The van der Waals surface area contributed by atoms with Crippen molar-refractivity contribution >= 4 is 6.08 Å². The van der Waals surface area contributed by atoms with Crippen molar-refractivity contribution in [1.29, 1.82) is 0 Å². The summed E-state index contributed by atoms with van der Waals surface area (Å²) >= 11 is 0. The molecule has 0 heterocycles. The fourth-order valence-corrected chi connectivity index (χ4v) is 1.40. The molecule has 0 spiro atoms. The Hall–Kier alpha value is -1.15. The van der Waals surface area contributed by atoms with E-state index in [0.717, 1.165) is 16.7 Å². The van der Waals surface area contributed by atoms with Crippen LogP contribution in [0.15, 0.2) is 23.8 Å². The quantitative estimate of drug-likeness (QED) is 0.809. The van der Waals surface area contributed by atoms with Crippen LogP contribution in [0.25, 0.3) is 6.08 Å². The molecule has 0 unspecified atom stereocenters. The second-order valence-corrected chi connectivity index (χ2v) is 4.03. The number of halogens is 1. The summed E-state index contributed by atoms with van der Waals surface area (Å²) < 4.78 is 12.9. The van der Waals surface area contributed by atoms with Gasteiger partial charge in [-0.2, -0.15) is 0 Å². The topological polar surface area (TPSA) is 20.2 Å². The molecule has 1 nitrogen and oxygen atoms in total. The van der Waals surface area contributed by atoms with Crippen molar-refractivity contribution in [3.8, 4) is 0 Å². The van der Waals surface area contributed by atoms with Gasteiger partial charge in [0.25, 0.3) is 0 Å². The van der Waals surface area contributed by atoms with E-state index < -0.39 is 0 Å². The number of hydrogen-bond donors (Lipinski definition) is 1. The van der Waals surface area contributed by atoms with Crippen molar-refractivity contribution in [2.24, 2.45) is 5.92 Å². The lowest BCUT2D eigenvalue weighted by Gasteiger charge is -2.09. The zero-order valence-corrected chi connectivity index (χ0v) is 9.42. The minimum Gasteiger partial charge on any atom is -0.392 e. The van der Waals surface area contributed by atoms with Crippen LogP contribution in [0.5, 0.6) is 0 Å². The first-order valence-corrected chi connectivity index (χ1v) is 5.12. The molecule has 1 aromatic carbocycles. The first-order valence-electron chi connectivity index (χ1n) is 5.12. The van der Waals surface area contributed by atoms with Gasteiger partial charge in [-0.25, -0.2) is 4.39 Å². The number of aliphatic hydroxyl groups is 1. The largest absolute Gasteiger partial charge is 0.392 e. The molecule has 1 aromatic rings.